The minimum absolute atomic E-state index is 0.359. The average molecular weight is 249 g/mol. The monoisotopic (exact) mass is 249 g/mol. The maximum atomic E-state index is 11.5. The standard InChI is InChI=1S/C16H27NO/c1-10-2-3-17-15(4-10)16(18)13-6-11-5-12(8-13)9-14(16)7-11/h10-15,17-18H,2-9H2,1H3. The van der Waals surface area contributed by atoms with Crippen LogP contribution in [0, 0.1) is 29.6 Å². The summed E-state index contributed by atoms with van der Waals surface area (Å²) < 4.78 is 0. The van der Waals surface area contributed by atoms with Gasteiger partial charge in [-0.2, -0.15) is 0 Å². The second-order valence-electron chi connectivity index (χ2n) is 7.83. The van der Waals surface area contributed by atoms with E-state index < -0.39 is 0 Å². The lowest BCUT2D eigenvalue weighted by Crippen LogP contribution is -2.67. The van der Waals surface area contributed by atoms with Crippen LogP contribution in [0.25, 0.3) is 0 Å². The second-order valence-corrected chi connectivity index (χ2v) is 7.83. The van der Waals surface area contributed by atoms with E-state index in [4.69, 9.17) is 0 Å². The lowest BCUT2D eigenvalue weighted by molar-refractivity contribution is -0.193. The fourth-order valence-corrected chi connectivity index (χ4v) is 5.97. The minimum Gasteiger partial charge on any atom is -0.388 e. The van der Waals surface area contributed by atoms with Crippen molar-refractivity contribution in [2.75, 3.05) is 6.54 Å². The summed E-state index contributed by atoms with van der Waals surface area (Å²) >= 11 is 0. The van der Waals surface area contributed by atoms with Crippen molar-refractivity contribution in [2.45, 2.75) is 63.5 Å². The van der Waals surface area contributed by atoms with E-state index in [2.05, 4.69) is 12.2 Å². The molecular formula is C16H27NO. The topological polar surface area (TPSA) is 32.3 Å². The zero-order chi connectivity index (χ0) is 12.3. The molecule has 4 bridgehead atoms. The van der Waals surface area contributed by atoms with Crippen LogP contribution in [0.4, 0.5) is 0 Å². The fourth-order valence-electron chi connectivity index (χ4n) is 5.97. The van der Waals surface area contributed by atoms with E-state index in [1.54, 1.807) is 0 Å². The van der Waals surface area contributed by atoms with Gasteiger partial charge in [-0.15, -0.1) is 0 Å². The molecule has 4 aliphatic carbocycles. The van der Waals surface area contributed by atoms with Crippen LogP contribution in [0.1, 0.15) is 51.9 Å². The van der Waals surface area contributed by atoms with Gasteiger partial charge in [0.05, 0.1) is 5.60 Å². The van der Waals surface area contributed by atoms with E-state index in [0.29, 0.717) is 17.9 Å². The van der Waals surface area contributed by atoms with Gasteiger partial charge in [0.25, 0.3) is 0 Å². The van der Waals surface area contributed by atoms with Gasteiger partial charge in [-0.25, -0.2) is 0 Å². The Morgan fingerprint density at radius 2 is 1.56 bits per heavy atom. The molecule has 1 aliphatic heterocycles. The number of nitrogens with one attached hydrogen (secondary N) is 1. The van der Waals surface area contributed by atoms with Gasteiger partial charge in [0.2, 0.25) is 0 Å². The molecule has 18 heavy (non-hydrogen) atoms. The van der Waals surface area contributed by atoms with E-state index in [-0.39, 0.29) is 5.60 Å². The molecule has 0 aromatic heterocycles. The number of hydrogen-bond donors (Lipinski definition) is 2. The van der Waals surface area contributed by atoms with Crippen LogP contribution in [0.3, 0.4) is 0 Å². The molecule has 5 fully saturated rings. The highest BCUT2D eigenvalue weighted by molar-refractivity contribution is 5.12. The number of piperidine rings is 1. The Balaban J connectivity index is 1.62. The van der Waals surface area contributed by atoms with E-state index in [0.717, 1.165) is 24.3 Å². The summed E-state index contributed by atoms with van der Waals surface area (Å²) in [6.45, 7) is 3.47. The Labute approximate surface area is 111 Å². The van der Waals surface area contributed by atoms with Gasteiger partial charge in [0.1, 0.15) is 0 Å². The van der Waals surface area contributed by atoms with Crippen molar-refractivity contribution in [2.24, 2.45) is 29.6 Å². The molecule has 0 radical (unpaired) electrons. The van der Waals surface area contributed by atoms with Gasteiger partial charge in [-0.05, 0) is 81.1 Å². The lowest BCUT2D eigenvalue weighted by atomic mass is 9.47. The van der Waals surface area contributed by atoms with Gasteiger partial charge < -0.3 is 10.4 Å². The van der Waals surface area contributed by atoms with Gasteiger partial charge >= 0.3 is 0 Å². The molecule has 2 heteroatoms. The van der Waals surface area contributed by atoms with Crippen LogP contribution in [0.2, 0.25) is 0 Å². The van der Waals surface area contributed by atoms with Crippen molar-refractivity contribution in [3.05, 3.63) is 0 Å². The van der Waals surface area contributed by atoms with E-state index in [1.165, 1.54) is 44.9 Å². The van der Waals surface area contributed by atoms with Crippen LogP contribution < -0.4 is 5.32 Å². The van der Waals surface area contributed by atoms with Gasteiger partial charge in [0, 0.05) is 6.04 Å². The maximum Gasteiger partial charge on any atom is 0.0856 e. The van der Waals surface area contributed by atoms with E-state index >= 15 is 0 Å². The summed E-state index contributed by atoms with van der Waals surface area (Å²) in [6, 6.07) is 0.385. The van der Waals surface area contributed by atoms with Crippen molar-refractivity contribution in [1.82, 2.24) is 5.32 Å². The predicted molar refractivity (Wildman–Crippen MR) is 72.2 cm³/mol. The Morgan fingerprint density at radius 3 is 2.11 bits per heavy atom. The minimum atomic E-state index is -0.359. The first kappa shape index (κ1) is 11.7. The van der Waals surface area contributed by atoms with Gasteiger partial charge in [-0.1, -0.05) is 6.92 Å². The van der Waals surface area contributed by atoms with E-state index in [9.17, 15) is 5.11 Å². The number of aliphatic hydroxyl groups is 1. The second kappa shape index (κ2) is 3.96. The molecule has 2 unspecified atom stereocenters. The highest BCUT2D eigenvalue weighted by Gasteiger charge is 2.59. The molecule has 0 spiro atoms. The SMILES string of the molecule is CC1CCNC(C2(O)C3CC4CC(C3)CC2C4)C1. The molecule has 0 aromatic carbocycles. The first-order valence-corrected chi connectivity index (χ1v) is 8.12. The Hall–Kier alpha value is -0.0800. The van der Waals surface area contributed by atoms with Gasteiger partial charge in [0.15, 0.2) is 0 Å². The smallest absolute Gasteiger partial charge is 0.0856 e. The van der Waals surface area contributed by atoms with Crippen molar-refractivity contribution in [3.63, 3.8) is 0 Å². The van der Waals surface area contributed by atoms with Crippen molar-refractivity contribution in [1.29, 1.82) is 0 Å². The zero-order valence-electron chi connectivity index (χ0n) is 11.6. The average Bonchev–Trinajstić information content (AvgIpc) is 2.35. The molecule has 2 nitrogen and oxygen atoms in total. The Morgan fingerprint density at radius 1 is 0.944 bits per heavy atom. The van der Waals surface area contributed by atoms with Crippen LogP contribution >= 0.6 is 0 Å². The summed E-state index contributed by atoms with van der Waals surface area (Å²) in [5.74, 6) is 3.91. The third-order valence-corrected chi connectivity index (χ3v) is 6.67. The normalized spacial score (nSPS) is 59.0. The summed E-state index contributed by atoms with van der Waals surface area (Å²) in [5, 5.41) is 15.1. The predicted octanol–water partition coefficient (Wildman–Crippen LogP) is 2.56. The molecule has 1 heterocycles. The first-order chi connectivity index (χ1) is 8.66. The quantitative estimate of drug-likeness (QED) is 0.748. The molecule has 0 amide bonds. The summed E-state index contributed by atoms with van der Waals surface area (Å²) in [4.78, 5) is 0. The summed E-state index contributed by atoms with van der Waals surface area (Å²) in [5.41, 5.74) is -0.359. The van der Waals surface area contributed by atoms with Crippen LogP contribution in [-0.2, 0) is 0 Å². The van der Waals surface area contributed by atoms with Gasteiger partial charge in [-0.3, -0.25) is 0 Å². The van der Waals surface area contributed by atoms with Crippen molar-refractivity contribution < 1.29 is 5.11 Å². The largest absolute Gasteiger partial charge is 0.388 e. The van der Waals surface area contributed by atoms with E-state index in [1.807, 2.05) is 0 Å². The molecule has 5 aliphatic rings. The molecule has 5 rings (SSSR count). The molecule has 4 saturated carbocycles. The molecular weight excluding hydrogens is 222 g/mol. The third-order valence-electron chi connectivity index (χ3n) is 6.67. The zero-order valence-corrected chi connectivity index (χ0v) is 11.6. The summed E-state index contributed by atoms with van der Waals surface area (Å²) in [7, 11) is 0. The van der Waals surface area contributed by atoms with Crippen LogP contribution in [0.15, 0.2) is 0 Å². The first-order valence-electron chi connectivity index (χ1n) is 8.12. The Bertz CT molecular complexity index is 312. The molecule has 2 N–H and O–H groups in total. The summed E-state index contributed by atoms with van der Waals surface area (Å²) in [6.07, 6.45) is 9.21. The lowest BCUT2D eigenvalue weighted by Gasteiger charge is -2.62. The maximum absolute atomic E-state index is 11.5. The number of hydrogen-bond acceptors (Lipinski definition) is 2. The fraction of sp³-hybridized carbons (Fsp3) is 1.00. The highest BCUT2D eigenvalue weighted by Crippen LogP contribution is 2.59. The van der Waals surface area contributed by atoms with Crippen LogP contribution in [-0.4, -0.2) is 23.3 Å². The molecule has 2 atom stereocenters. The Kier molecular flexibility index (Phi) is 2.58. The number of rotatable bonds is 1. The molecule has 1 saturated heterocycles. The highest BCUT2D eigenvalue weighted by atomic mass is 16.3. The van der Waals surface area contributed by atoms with Crippen molar-refractivity contribution >= 4 is 0 Å². The molecule has 102 valence electrons. The van der Waals surface area contributed by atoms with Crippen molar-refractivity contribution in [3.8, 4) is 0 Å². The third kappa shape index (κ3) is 1.54. The van der Waals surface area contributed by atoms with Crippen LogP contribution in [0.5, 0.6) is 0 Å². The molecule has 0 aromatic rings.